The number of anilines is 2. The number of amides is 1. The highest BCUT2D eigenvalue weighted by atomic mass is 19.1. The van der Waals surface area contributed by atoms with Gasteiger partial charge in [-0.25, -0.2) is 4.39 Å². The number of rotatable bonds is 6. The first-order valence-electron chi connectivity index (χ1n) is 14.7. The van der Waals surface area contributed by atoms with Crippen molar-refractivity contribution in [3.05, 3.63) is 64.2 Å². The molecule has 2 saturated heterocycles. The lowest BCUT2D eigenvalue weighted by atomic mass is 10.0. The number of nitrogens with zero attached hydrogens (tertiary/aromatic N) is 3. The van der Waals surface area contributed by atoms with E-state index in [1.807, 2.05) is 48.3 Å². The lowest BCUT2D eigenvalue weighted by Crippen LogP contribution is -2.35. The number of likely N-dealkylation sites (tertiary alicyclic amines) is 1. The van der Waals surface area contributed by atoms with Gasteiger partial charge >= 0.3 is 0 Å². The average molecular weight is 571 g/mol. The van der Waals surface area contributed by atoms with Crippen LogP contribution < -0.4 is 31.4 Å². The normalized spacial score (nSPS) is 19.8. The topological polar surface area (TPSA) is 105 Å². The van der Waals surface area contributed by atoms with E-state index in [4.69, 9.17) is 10.5 Å². The van der Waals surface area contributed by atoms with Crippen LogP contribution in [0.15, 0.2) is 47.4 Å². The number of fused-ring (bicyclic) bond motifs is 3. The predicted molar refractivity (Wildman–Crippen MR) is 164 cm³/mol. The highest BCUT2D eigenvalue weighted by Crippen LogP contribution is 2.49. The van der Waals surface area contributed by atoms with Crippen molar-refractivity contribution in [2.45, 2.75) is 37.8 Å². The molecule has 2 atom stereocenters. The number of benzene rings is 3. The van der Waals surface area contributed by atoms with E-state index in [0.717, 1.165) is 43.0 Å². The number of pyridine rings is 1. The summed E-state index contributed by atoms with van der Waals surface area (Å²) in [6.45, 7) is 2.55. The molecule has 0 spiro atoms. The molecule has 3 aliphatic rings. The zero-order valence-electron chi connectivity index (χ0n) is 23.9. The summed E-state index contributed by atoms with van der Waals surface area (Å²) in [4.78, 5) is 32.0. The number of nitrogens with two attached hydrogens (primary N) is 1. The Morgan fingerprint density at radius 1 is 1.17 bits per heavy atom. The molecule has 4 aromatic rings. The van der Waals surface area contributed by atoms with Gasteiger partial charge < -0.3 is 35.5 Å². The molecule has 3 aromatic carbocycles. The van der Waals surface area contributed by atoms with Crippen LogP contribution in [0.1, 0.15) is 36.0 Å². The predicted octanol–water partition coefficient (Wildman–Crippen LogP) is 3.98. The van der Waals surface area contributed by atoms with Gasteiger partial charge in [-0.15, -0.1) is 0 Å². The third-order valence-corrected chi connectivity index (χ3v) is 9.24. The van der Waals surface area contributed by atoms with E-state index >= 15 is 4.39 Å². The number of halogens is 1. The molecule has 42 heavy (non-hydrogen) atoms. The van der Waals surface area contributed by atoms with Crippen LogP contribution in [-0.2, 0) is 0 Å². The molecule has 1 aromatic heterocycles. The van der Waals surface area contributed by atoms with Gasteiger partial charge in [0, 0.05) is 37.9 Å². The first-order chi connectivity index (χ1) is 20.4. The van der Waals surface area contributed by atoms with Gasteiger partial charge in [0.05, 0.1) is 16.8 Å². The second kappa shape index (κ2) is 10.3. The van der Waals surface area contributed by atoms with Gasteiger partial charge in [-0.05, 0) is 69.2 Å². The Balaban J connectivity index is 1.42. The molecule has 1 amide bonds. The van der Waals surface area contributed by atoms with Crippen molar-refractivity contribution in [1.29, 1.82) is 0 Å². The van der Waals surface area contributed by atoms with E-state index in [1.165, 1.54) is 0 Å². The fraction of sp³-hybridized carbons (Fsp3) is 0.375. The van der Waals surface area contributed by atoms with Crippen molar-refractivity contribution in [3.63, 3.8) is 0 Å². The number of nitrogens with one attached hydrogen (secondary N) is 2. The van der Waals surface area contributed by atoms with Gasteiger partial charge in [0.1, 0.15) is 16.8 Å². The van der Waals surface area contributed by atoms with Crippen LogP contribution in [0.25, 0.3) is 27.4 Å². The number of carbonyl (C=O) groups excluding carboxylic acids is 1. The number of nitrogen functional groups attached to an aromatic ring is 1. The molecular formula is C32H35FN6O3. The van der Waals surface area contributed by atoms with Crippen LogP contribution in [0.2, 0.25) is 0 Å². The Morgan fingerprint density at radius 3 is 2.67 bits per heavy atom. The third kappa shape index (κ3) is 4.20. The Hall–Kier alpha value is -4.15. The second-order valence-corrected chi connectivity index (χ2v) is 11.7. The lowest BCUT2D eigenvalue weighted by molar-refractivity contribution is 0.0949. The molecule has 0 aliphatic carbocycles. The smallest absolute Gasteiger partial charge is 0.256 e. The van der Waals surface area contributed by atoms with E-state index in [1.54, 1.807) is 10.8 Å². The maximum atomic E-state index is 16.3. The average Bonchev–Trinajstić information content (AvgIpc) is 3.64. The van der Waals surface area contributed by atoms with Crippen LogP contribution in [0.3, 0.4) is 0 Å². The van der Waals surface area contributed by atoms with Gasteiger partial charge in [-0.3, -0.25) is 9.59 Å². The summed E-state index contributed by atoms with van der Waals surface area (Å²) >= 11 is 0. The van der Waals surface area contributed by atoms with Crippen molar-refractivity contribution in [2.75, 3.05) is 50.9 Å². The minimum absolute atomic E-state index is 0.0379. The van der Waals surface area contributed by atoms with Crippen LogP contribution >= 0.6 is 0 Å². The van der Waals surface area contributed by atoms with Crippen molar-refractivity contribution in [3.8, 4) is 17.2 Å². The highest BCUT2D eigenvalue weighted by Gasteiger charge is 2.35. The fourth-order valence-electron chi connectivity index (χ4n) is 6.85. The van der Waals surface area contributed by atoms with Crippen molar-refractivity contribution >= 4 is 39.0 Å². The monoisotopic (exact) mass is 570 g/mol. The molecule has 0 radical (unpaired) electrons. The quantitative estimate of drug-likeness (QED) is 0.265. The van der Waals surface area contributed by atoms with Crippen LogP contribution in [-0.4, -0.2) is 67.7 Å². The van der Waals surface area contributed by atoms with E-state index < -0.39 is 17.2 Å². The fourth-order valence-corrected chi connectivity index (χ4v) is 6.85. The number of ether oxygens (including phenoxy) is 1. The summed E-state index contributed by atoms with van der Waals surface area (Å²) in [5.41, 5.74) is 6.83. The number of hydrogen-bond donors (Lipinski definition) is 3. The van der Waals surface area contributed by atoms with Crippen LogP contribution in [0.4, 0.5) is 15.8 Å². The SMILES string of the molecule is CN[C@H]1CCN(c2c(F)c(N)c3c4c2c(=O)c(C(=O)NCCC2CCCN2C)cn4-c2cc4ccccc4cc2O3)C1. The Kier molecular flexibility index (Phi) is 6.55. The summed E-state index contributed by atoms with van der Waals surface area (Å²) in [7, 11) is 3.96. The van der Waals surface area contributed by atoms with Gasteiger partial charge in [-0.1, -0.05) is 24.3 Å². The first kappa shape index (κ1) is 26.7. The summed E-state index contributed by atoms with van der Waals surface area (Å²) in [5.74, 6) is -0.618. The van der Waals surface area contributed by atoms with E-state index in [0.29, 0.717) is 42.6 Å². The van der Waals surface area contributed by atoms with Gasteiger partial charge in [0.2, 0.25) is 5.43 Å². The van der Waals surface area contributed by atoms with Gasteiger partial charge in [0.25, 0.3) is 5.91 Å². The molecule has 4 heterocycles. The number of aromatic nitrogens is 1. The zero-order valence-corrected chi connectivity index (χ0v) is 23.9. The van der Waals surface area contributed by atoms with Gasteiger partial charge in [-0.2, -0.15) is 0 Å². The van der Waals surface area contributed by atoms with Gasteiger partial charge in [0.15, 0.2) is 17.3 Å². The van der Waals surface area contributed by atoms with Crippen molar-refractivity contribution in [1.82, 2.24) is 20.1 Å². The first-order valence-corrected chi connectivity index (χ1v) is 14.7. The summed E-state index contributed by atoms with van der Waals surface area (Å²) < 4.78 is 24.3. The summed E-state index contributed by atoms with van der Waals surface area (Å²) in [6, 6.07) is 12.2. The van der Waals surface area contributed by atoms with Crippen LogP contribution in [0.5, 0.6) is 11.5 Å². The van der Waals surface area contributed by atoms with E-state index in [-0.39, 0.29) is 34.1 Å². The minimum atomic E-state index is -0.705. The molecule has 7 rings (SSSR count). The van der Waals surface area contributed by atoms with Crippen molar-refractivity contribution < 1.29 is 13.9 Å². The number of likely N-dealkylation sites (N-methyl/N-ethyl adjacent to an activating group) is 1. The molecule has 218 valence electrons. The molecule has 3 aliphatic heterocycles. The Bertz CT molecular complexity index is 1800. The molecule has 10 heteroatoms. The number of hydrogen-bond acceptors (Lipinski definition) is 7. The molecule has 9 nitrogen and oxygen atoms in total. The molecule has 0 saturated carbocycles. The molecule has 2 fully saturated rings. The standard InChI is InChI=1S/C32H35FN6O3/c1-35-20-10-13-38(16-20)28-25-29-31(27(34)26(28)33)42-24-15-19-7-4-3-6-18(19)14-23(24)39(29)17-22(30(25)40)32(41)36-11-9-21-8-5-12-37(21)2/h3-4,6-7,14-15,17,20-21,35H,5,8-13,16,34H2,1-2H3,(H,36,41)/t20-,21?/m0/s1. The van der Waals surface area contributed by atoms with E-state index in [2.05, 4.69) is 22.6 Å². The lowest BCUT2D eigenvalue weighted by Gasteiger charge is -2.29. The molecular weight excluding hydrogens is 535 g/mol. The second-order valence-electron chi connectivity index (χ2n) is 11.7. The minimum Gasteiger partial charge on any atom is -0.451 e. The molecule has 0 bridgehead atoms. The van der Waals surface area contributed by atoms with Crippen molar-refractivity contribution in [2.24, 2.45) is 0 Å². The Labute approximate surface area is 243 Å². The third-order valence-electron chi connectivity index (χ3n) is 9.24. The summed E-state index contributed by atoms with van der Waals surface area (Å²) in [5, 5.41) is 8.23. The molecule has 1 unspecified atom stereocenters. The maximum absolute atomic E-state index is 16.3. The zero-order chi connectivity index (χ0) is 29.1. The largest absolute Gasteiger partial charge is 0.451 e. The number of carbonyl (C=O) groups is 1. The summed E-state index contributed by atoms with van der Waals surface area (Å²) in [6.07, 6.45) is 5.38. The van der Waals surface area contributed by atoms with E-state index in [9.17, 15) is 9.59 Å². The Morgan fingerprint density at radius 2 is 1.95 bits per heavy atom. The maximum Gasteiger partial charge on any atom is 0.256 e. The highest BCUT2D eigenvalue weighted by molar-refractivity contribution is 6.07. The van der Waals surface area contributed by atoms with Crippen LogP contribution in [0, 0.1) is 5.82 Å². The molecule has 4 N–H and O–H groups in total.